The van der Waals surface area contributed by atoms with Crippen LogP contribution >= 0.6 is 11.6 Å². The van der Waals surface area contributed by atoms with E-state index in [0.29, 0.717) is 19.0 Å². The van der Waals surface area contributed by atoms with Crippen LogP contribution in [0.25, 0.3) is 0 Å². The van der Waals surface area contributed by atoms with Crippen LogP contribution in [0.1, 0.15) is 44.0 Å². The van der Waals surface area contributed by atoms with Crippen LogP contribution in [0.15, 0.2) is 23.1 Å². The third kappa shape index (κ3) is 4.46. The second kappa shape index (κ2) is 7.20. The molecular weight excluding hydrogens is 336 g/mol. The third-order valence-electron chi connectivity index (χ3n) is 3.81. The van der Waals surface area contributed by atoms with Crippen molar-refractivity contribution in [3.8, 4) is 0 Å². The summed E-state index contributed by atoms with van der Waals surface area (Å²) in [7, 11) is -3.65. The molecule has 128 valence electrons. The molecule has 0 radical (unpaired) electrons. The largest absolute Gasteiger partial charge is 0.338 e. The summed E-state index contributed by atoms with van der Waals surface area (Å²) >= 11 is 6.14. The number of hydrogen-bond acceptors (Lipinski definition) is 3. The Balaban J connectivity index is 2.32. The number of nitrogens with zero attached hydrogens (tertiary/aromatic N) is 1. The molecular formula is C16H23ClN2O3S. The van der Waals surface area contributed by atoms with E-state index < -0.39 is 10.0 Å². The van der Waals surface area contributed by atoms with Crippen molar-refractivity contribution in [3.63, 3.8) is 0 Å². The van der Waals surface area contributed by atoms with Crippen LogP contribution in [-0.4, -0.2) is 38.4 Å². The Kier molecular flexibility index (Phi) is 5.70. The summed E-state index contributed by atoms with van der Waals surface area (Å²) < 4.78 is 27.1. The van der Waals surface area contributed by atoms with Gasteiger partial charge in [-0.05, 0) is 50.8 Å². The van der Waals surface area contributed by atoms with E-state index >= 15 is 0 Å². The van der Waals surface area contributed by atoms with Gasteiger partial charge in [-0.2, -0.15) is 0 Å². The Hall–Kier alpha value is -1.11. The maximum atomic E-state index is 12.7. The minimum Gasteiger partial charge on any atom is -0.338 e. The normalized spacial score (nSPS) is 19.2. The lowest BCUT2D eigenvalue weighted by molar-refractivity contribution is 0.0683. The number of carbonyl (C=O) groups excluding carboxylic acids is 1. The number of benzene rings is 1. The van der Waals surface area contributed by atoms with Crippen LogP contribution in [0, 0.1) is 5.92 Å². The molecule has 1 aliphatic heterocycles. The standard InChI is InChI=1S/C16H23ClN2O3S/c1-11(2)18-23(21,22)13-6-7-15(17)14(9-13)16(20)19-8-4-5-12(3)10-19/h6-7,9,11-12,18H,4-5,8,10H2,1-3H3/t12-/m0/s1. The highest BCUT2D eigenvalue weighted by atomic mass is 35.5. The van der Waals surface area contributed by atoms with Crippen molar-refractivity contribution < 1.29 is 13.2 Å². The van der Waals surface area contributed by atoms with Gasteiger partial charge in [0.15, 0.2) is 0 Å². The molecule has 5 nitrogen and oxygen atoms in total. The molecule has 0 saturated carbocycles. The molecule has 2 rings (SSSR count). The van der Waals surface area contributed by atoms with Gasteiger partial charge < -0.3 is 4.90 Å². The second-order valence-corrected chi connectivity index (χ2v) is 8.54. The summed E-state index contributed by atoms with van der Waals surface area (Å²) in [5, 5.41) is 0.275. The van der Waals surface area contributed by atoms with Crippen LogP contribution in [-0.2, 0) is 10.0 Å². The van der Waals surface area contributed by atoms with Crippen LogP contribution in [0.3, 0.4) is 0 Å². The van der Waals surface area contributed by atoms with E-state index in [1.54, 1.807) is 18.7 Å². The van der Waals surface area contributed by atoms with Gasteiger partial charge in [-0.15, -0.1) is 0 Å². The summed E-state index contributed by atoms with van der Waals surface area (Å²) in [5.41, 5.74) is 0.243. The molecule has 1 saturated heterocycles. The first-order valence-electron chi connectivity index (χ1n) is 7.82. The van der Waals surface area contributed by atoms with Gasteiger partial charge in [0.2, 0.25) is 10.0 Å². The minimum atomic E-state index is -3.65. The number of carbonyl (C=O) groups is 1. The number of piperidine rings is 1. The number of rotatable bonds is 4. The zero-order valence-corrected chi connectivity index (χ0v) is 15.2. The van der Waals surface area contributed by atoms with Gasteiger partial charge in [-0.3, -0.25) is 4.79 Å². The van der Waals surface area contributed by atoms with Crippen molar-refractivity contribution in [2.75, 3.05) is 13.1 Å². The van der Waals surface area contributed by atoms with Gasteiger partial charge >= 0.3 is 0 Å². The smallest absolute Gasteiger partial charge is 0.255 e. The van der Waals surface area contributed by atoms with Crippen LogP contribution in [0.4, 0.5) is 0 Å². The Morgan fingerprint density at radius 2 is 2.09 bits per heavy atom. The number of hydrogen-bond donors (Lipinski definition) is 1. The van der Waals surface area contributed by atoms with Crippen molar-refractivity contribution in [1.82, 2.24) is 9.62 Å². The molecule has 1 N–H and O–H groups in total. The number of amides is 1. The fraction of sp³-hybridized carbons (Fsp3) is 0.562. The summed E-state index contributed by atoms with van der Waals surface area (Å²) in [6, 6.07) is 4.03. The van der Waals surface area contributed by atoms with Crippen molar-refractivity contribution >= 4 is 27.5 Å². The molecule has 1 heterocycles. The maximum absolute atomic E-state index is 12.7. The fourth-order valence-electron chi connectivity index (χ4n) is 2.76. The fourth-order valence-corrected chi connectivity index (χ4v) is 4.23. The summed E-state index contributed by atoms with van der Waals surface area (Å²) in [4.78, 5) is 14.5. The van der Waals surface area contributed by atoms with E-state index in [4.69, 9.17) is 11.6 Å². The lowest BCUT2D eigenvalue weighted by Gasteiger charge is -2.31. The summed E-state index contributed by atoms with van der Waals surface area (Å²) in [6.07, 6.45) is 2.06. The lowest BCUT2D eigenvalue weighted by Crippen LogP contribution is -2.39. The molecule has 1 fully saturated rings. The average molecular weight is 359 g/mol. The highest BCUT2D eigenvalue weighted by molar-refractivity contribution is 7.89. The quantitative estimate of drug-likeness (QED) is 0.899. The number of nitrogens with one attached hydrogen (secondary N) is 1. The van der Waals surface area contributed by atoms with Gasteiger partial charge in [0, 0.05) is 19.1 Å². The second-order valence-electron chi connectivity index (χ2n) is 6.42. The minimum absolute atomic E-state index is 0.0593. The van der Waals surface area contributed by atoms with Crippen molar-refractivity contribution in [2.45, 2.75) is 44.6 Å². The van der Waals surface area contributed by atoms with E-state index in [2.05, 4.69) is 11.6 Å². The van der Waals surface area contributed by atoms with Gasteiger partial charge in [-0.25, -0.2) is 13.1 Å². The summed E-state index contributed by atoms with van der Waals surface area (Å²) in [5.74, 6) is 0.240. The van der Waals surface area contributed by atoms with Crippen molar-refractivity contribution in [2.24, 2.45) is 5.92 Å². The molecule has 23 heavy (non-hydrogen) atoms. The molecule has 0 spiro atoms. The molecule has 1 aromatic carbocycles. The van der Waals surface area contributed by atoms with Gasteiger partial charge in [-0.1, -0.05) is 18.5 Å². The molecule has 1 atom stereocenters. The van der Waals surface area contributed by atoms with Gasteiger partial charge in [0.1, 0.15) is 0 Å². The van der Waals surface area contributed by atoms with Crippen molar-refractivity contribution in [3.05, 3.63) is 28.8 Å². The maximum Gasteiger partial charge on any atom is 0.255 e. The molecule has 0 aliphatic carbocycles. The summed E-state index contributed by atoms with van der Waals surface area (Å²) in [6.45, 7) is 6.95. The SMILES string of the molecule is CC(C)NS(=O)(=O)c1ccc(Cl)c(C(=O)N2CCC[C@H](C)C2)c1. The first-order chi connectivity index (χ1) is 10.7. The van der Waals surface area contributed by atoms with Gasteiger partial charge in [0.25, 0.3) is 5.91 Å². The molecule has 1 aliphatic rings. The number of sulfonamides is 1. The van der Waals surface area contributed by atoms with Crippen molar-refractivity contribution in [1.29, 1.82) is 0 Å². The van der Waals surface area contributed by atoms with E-state index in [1.807, 2.05) is 0 Å². The first-order valence-corrected chi connectivity index (χ1v) is 9.68. The predicted molar refractivity (Wildman–Crippen MR) is 91.2 cm³/mol. The number of likely N-dealkylation sites (tertiary alicyclic amines) is 1. The molecule has 0 unspecified atom stereocenters. The molecule has 7 heteroatoms. The zero-order chi connectivity index (χ0) is 17.2. The topological polar surface area (TPSA) is 66.5 Å². The Morgan fingerprint density at radius 1 is 1.39 bits per heavy atom. The molecule has 0 bridgehead atoms. The van der Waals surface area contributed by atoms with Gasteiger partial charge in [0.05, 0.1) is 15.5 Å². The molecule has 0 aromatic heterocycles. The van der Waals surface area contributed by atoms with E-state index in [-0.39, 0.29) is 27.4 Å². The monoisotopic (exact) mass is 358 g/mol. The number of halogens is 1. The highest BCUT2D eigenvalue weighted by Crippen LogP contribution is 2.24. The van der Waals surface area contributed by atoms with E-state index in [0.717, 1.165) is 12.8 Å². The predicted octanol–water partition coefficient (Wildman–Crippen LogP) is 2.90. The molecule has 1 amide bonds. The zero-order valence-electron chi connectivity index (χ0n) is 13.7. The van der Waals surface area contributed by atoms with E-state index in [1.165, 1.54) is 18.2 Å². The van der Waals surface area contributed by atoms with Crippen LogP contribution in [0.2, 0.25) is 5.02 Å². The van der Waals surface area contributed by atoms with Crippen LogP contribution in [0.5, 0.6) is 0 Å². The lowest BCUT2D eigenvalue weighted by atomic mass is 9.99. The Morgan fingerprint density at radius 3 is 2.70 bits per heavy atom. The first kappa shape index (κ1) is 18.2. The van der Waals surface area contributed by atoms with Crippen LogP contribution < -0.4 is 4.72 Å². The Labute approximate surface area is 143 Å². The highest BCUT2D eigenvalue weighted by Gasteiger charge is 2.25. The van der Waals surface area contributed by atoms with E-state index in [9.17, 15) is 13.2 Å². The Bertz CT molecular complexity index is 689. The molecule has 1 aromatic rings. The average Bonchev–Trinajstić information content (AvgIpc) is 2.45. The third-order valence-corrected chi connectivity index (χ3v) is 5.80.